The molecule has 2 aromatic rings. The van der Waals surface area contributed by atoms with Crippen LogP contribution in [0.15, 0.2) is 36.4 Å². The topological polar surface area (TPSA) is 9.23 Å². The van der Waals surface area contributed by atoms with E-state index in [1.54, 1.807) is 18.2 Å². The van der Waals surface area contributed by atoms with Gasteiger partial charge in [-0.3, -0.25) is 0 Å². The van der Waals surface area contributed by atoms with Crippen molar-refractivity contribution in [1.29, 1.82) is 0 Å². The summed E-state index contributed by atoms with van der Waals surface area (Å²) in [5.74, 6) is -2.07. The molecule has 0 radical (unpaired) electrons. The van der Waals surface area contributed by atoms with Crippen molar-refractivity contribution in [3.05, 3.63) is 52.3 Å². The maximum Gasteiger partial charge on any atom is 0.573 e. The first kappa shape index (κ1) is 14.9. The number of hydrogen-bond acceptors (Lipinski definition) is 1. The molecule has 0 bridgehead atoms. The molecule has 1 nitrogen and oxygen atoms in total. The Kier molecular flexibility index (Phi) is 4.11. The first-order valence-electron chi connectivity index (χ1n) is 5.27. The highest BCUT2D eigenvalue weighted by molar-refractivity contribution is 6.39. The van der Waals surface area contributed by atoms with Crippen molar-refractivity contribution >= 4 is 23.2 Å². The van der Waals surface area contributed by atoms with Crippen molar-refractivity contribution in [2.45, 2.75) is 6.36 Å². The van der Waals surface area contributed by atoms with Crippen LogP contribution in [0.5, 0.6) is 5.75 Å². The summed E-state index contributed by atoms with van der Waals surface area (Å²) in [6.07, 6.45) is -4.95. The van der Waals surface area contributed by atoms with E-state index < -0.39 is 17.9 Å². The van der Waals surface area contributed by atoms with Crippen LogP contribution in [0.4, 0.5) is 17.6 Å². The van der Waals surface area contributed by atoms with Gasteiger partial charge in [0.2, 0.25) is 0 Å². The van der Waals surface area contributed by atoms with Crippen LogP contribution in [0.3, 0.4) is 0 Å². The van der Waals surface area contributed by atoms with Crippen molar-refractivity contribution in [1.82, 2.24) is 0 Å². The molecule has 0 fully saturated rings. The lowest BCUT2D eigenvalue weighted by molar-refractivity contribution is -0.275. The fourth-order valence-corrected chi connectivity index (χ4v) is 2.25. The molecule has 0 saturated carbocycles. The summed E-state index contributed by atoms with van der Waals surface area (Å²) in [4.78, 5) is 0. The van der Waals surface area contributed by atoms with Gasteiger partial charge in [0.1, 0.15) is 0 Å². The van der Waals surface area contributed by atoms with E-state index in [1.807, 2.05) is 0 Å². The van der Waals surface area contributed by atoms with E-state index in [0.717, 1.165) is 12.1 Å². The maximum absolute atomic E-state index is 13.6. The Bertz CT molecular complexity index is 621. The van der Waals surface area contributed by atoms with Gasteiger partial charge in [-0.2, -0.15) is 0 Å². The lowest BCUT2D eigenvalue weighted by atomic mass is 10.1. The summed E-state index contributed by atoms with van der Waals surface area (Å²) in [5, 5.41) is 0.530. The van der Waals surface area contributed by atoms with Gasteiger partial charge in [-0.1, -0.05) is 35.3 Å². The molecule has 0 saturated heterocycles. The van der Waals surface area contributed by atoms with Gasteiger partial charge in [-0.05, 0) is 29.8 Å². The average Bonchev–Trinajstić information content (AvgIpc) is 2.31. The predicted octanol–water partition coefficient (Wildman–Crippen LogP) is 5.70. The van der Waals surface area contributed by atoms with E-state index in [9.17, 15) is 17.6 Å². The van der Waals surface area contributed by atoms with Gasteiger partial charge in [-0.25, -0.2) is 4.39 Å². The summed E-state index contributed by atoms with van der Waals surface area (Å²) in [6.45, 7) is 0. The van der Waals surface area contributed by atoms with Gasteiger partial charge in [0.25, 0.3) is 0 Å². The van der Waals surface area contributed by atoms with Crippen LogP contribution in [-0.2, 0) is 0 Å². The van der Waals surface area contributed by atoms with Gasteiger partial charge in [-0.15, -0.1) is 13.2 Å². The molecule has 0 N–H and O–H groups in total. The highest BCUT2D eigenvalue weighted by Crippen LogP contribution is 2.36. The van der Waals surface area contributed by atoms with E-state index in [-0.39, 0.29) is 15.6 Å². The number of hydrogen-bond donors (Lipinski definition) is 0. The van der Waals surface area contributed by atoms with E-state index in [0.29, 0.717) is 5.56 Å². The second kappa shape index (κ2) is 5.50. The largest absolute Gasteiger partial charge is 0.573 e. The number of ether oxygens (including phenoxy) is 1. The molecular weight excluding hydrogens is 319 g/mol. The second-order valence-corrected chi connectivity index (χ2v) is 4.60. The summed E-state index contributed by atoms with van der Waals surface area (Å²) in [5.41, 5.74) is 0.598. The van der Waals surface area contributed by atoms with Crippen molar-refractivity contribution < 1.29 is 22.3 Å². The van der Waals surface area contributed by atoms with Gasteiger partial charge in [0.15, 0.2) is 11.6 Å². The Morgan fingerprint density at radius 3 is 2.05 bits per heavy atom. The second-order valence-electron chi connectivity index (χ2n) is 3.79. The van der Waals surface area contributed by atoms with Gasteiger partial charge in [0.05, 0.1) is 0 Å². The van der Waals surface area contributed by atoms with E-state index in [4.69, 9.17) is 23.2 Å². The third kappa shape index (κ3) is 3.35. The highest BCUT2D eigenvalue weighted by Gasteiger charge is 2.32. The van der Waals surface area contributed by atoms with Crippen LogP contribution < -0.4 is 4.74 Å². The van der Waals surface area contributed by atoms with E-state index in [1.165, 1.54) is 6.07 Å². The van der Waals surface area contributed by atoms with Crippen molar-refractivity contribution in [2.24, 2.45) is 0 Å². The summed E-state index contributed by atoms with van der Waals surface area (Å²) in [7, 11) is 0. The zero-order chi connectivity index (χ0) is 14.9. The number of benzene rings is 2. The Morgan fingerprint density at radius 2 is 1.55 bits per heavy atom. The molecule has 0 aromatic heterocycles. The Labute approximate surface area is 121 Å². The maximum atomic E-state index is 13.6. The zero-order valence-electron chi connectivity index (χ0n) is 9.64. The molecule has 0 aliphatic carbocycles. The minimum absolute atomic E-state index is 0.257. The predicted molar refractivity (Wildman–Crippen MR) is 68.5 cm³/mol. The molecule has 7 heteroatoms. The van der Waals surface area contributed by atoms with Crippen LogP contribution in [0.25, 0.3) is 11.1 Å². The summed E-state index contributed by atoms with van der Waals surface area (Å²) in [6, 6.07) is 7.69. The quantitative estimate of drug-likeness (QED) is 0.644. The van der Waals surface area contributed by atoms with E-state index >= 15 is 0 Å². The Balaban J connectivity index is 2.44. The first-order chi connectivity index (χ1) is 9.28. The van der Waals surface area contributed by atoms with Crippen LogP contribution in [0, 0.1) is 5.82 Å². The molecule has 20 heavy (non-hydrogen) atoms. The molecular formula is C13H6Cl2F4O. The van der Waals surface area contributed by atoms with Gasteiger partial charge >= 0.3 is 6.36 Å². The Morgan fingerprint density at radius 1 is 0.950 bits per heavy atom. The lowest BCUT2D eigenvalue weighted by Gasteiger charge is -2.12. The fraction of sp³-hybridized carbons (Fsp3) is 0.0769. The standard InChI is InChI=1S/C13H6Cl2F4O/c14-8-2-1-3-9(15)12(8)7-4-5-11(10(16)6-7)20-13(17,18)19/h1-6H. The van der Waals surface area contributed by atoms with Crippen LogP contribution in [0.1, 0.15) is 0 Å². The normalized spacial score (nSPS) is 11.5. The third-order valence-corrected chi connectivity index (χ3v) is 3.04. The number of halogens is 6. The molecule has 2 rings (SSSR count). The molecule has 2 aromatic carbocycles. The SMILES string of the molecule is Fc1cc(-c2c(Cl)cccc2Cl)ccc1OC(F)(F)F. The van der Waals surface area contributed by atoms with Crippen LogP contribution >= 0.6 is 23.2 Å². The summed E-state index contributed by atoms with van der Waals surface area (Å²) < 4.78 is 53.3. The zero-order valence-corrected chi connectivity index (χ0v) is 11.2. The minimum atomic E-state index is -4.95. The number of rotatable bonds is 2. The molecule has 106 valence electrons. The smallest absolute Gasteiger partial charge is 0.403 e. The molecule has 0 aliphatic rings. The Hall–Kier alpha value is -1.46. The average molecular weight is 325 g/mol. The fourth-order valence-electron chi connectivity index (χ4n) is 1.64. The third-order valence-electron chi connectivity index (χ3n) is 2.41. The van der Waals surface area contributed by atoms with Crippen LogP contribution in [0.2, 0.25) is 10.0 Å². The van der Waals surface area contributed by atoms with Crippen LogP contribution in [-0.4, -0.2) is 6.36 Å². The highest BCUT2D eigenvalue weighted by atomic mass is 35.5. The van der Waals surface area contributed by atoms with Crippen molar-refractivity contribution in [3.8, 4) is 16.9 Å². The van der Waals surface area contributed by atoms with Gasteiger partial charge in [0, 0.05) is 15.6 Å². The first-order valence-corrected chi connectivity index (χ1v) is 6.03. The monoisotopic (exact) mass is 324 g/mol. The van der Waals surface area contributed by atoms with Gasteiger partial charge < -0.3 is 4.74 Å². The minimum Gasteiger partial charge on any atom is -0.403 e. The summed E-state index contributed by atoms with van der Waals surface area (Å²) >= 11 is 11.9. The molecule has 0 aliphatic heterocycles. The van der Waals surface area contributed by atoms with Crippen molar-refractivity contribution in [2.75, 3.05) is 0 Å². The molecule has 0 unspecified atom stereocenters. The number of alkyl halides is 3. The molecule has 0 heterocycles. The molecule has 0 amide bonds. The lowest BCUT2D eigenvalue weighted by Crippen LogP contribution is -2.17. The molecule has 0 atom stereocenters. The molecule has 0 spiro atoms. The van der Waals surface area contributed by atoms with E-state index in [2.05, 4.69) is 4.74 Å². The van der Waals surface area contributed by atoms with Crippen molar-refractivity contribution in [3.63, 3.8) is 0 Å².